The summed E-state index contributed by atoms with van der Waals surface area (Å²) in [5, 5.41) is 0. The maximum atomic E-state index is 5.00. The maximum absolute atomic E-state index is 5.00. The molecule has 56 valence electrons. The highest BCUT2D eigenvalue weighted by atomic mass is 32.2. The van der Waals surface area contributed by atoms with E-state index in [0.29, 0.717) is 0 Å². The summed E-state index contributed by atoms with van der Waals surface area (Å²) < 4.78 is 2.85. The number of imidazole rings is 1. The van der Waals surface area contributed by atoms with Crippen molar-refractivity contribution in [2.45, 2.75) is 6.54 Å². The molecule has 0 unspecified atom stereocenters. The van der Waals surface area contributed by atoms with Crippen LogP contribution in [0.15, 0.2) is 12.4 Å². The van der Waals surface area contributed by atoms with E-state index < -0.39 is 0 Å². The first-order valence-corrected chi connectivity index (χ1v) is 4.87. The van der Waals surface area contributed by atoms with Crippen LogP contribution >= 0.6 is 24.0 Å². The van der Waals surface area contributed by atoms with Crippen molar-refractivity contribution in [3.63, 3.8) is 0 Å². The van der Waals surface area contributed by atoms with Gasteiger partial charge in [-0.25, -0.2) is 0 Å². The fourth-order valence-electron chi connectivity index (χ4n) is 0.715. The number of nitrogens with one attached hydrogen (secondary N) is 1. The first-order valence-electron chi connectivity index (χ1n) is 3.07. The quantitative estimate of drug-likeness (QED) is 0.707. The number of hydrogen-bond acceptors (Lipinski definition) is 2. The minimum absolute atomic E-state index is 0.814. The molecule has 0 fully saturated rings. The van der Waals surface area contributed by atoms with Gasteiger partial charge in [0.15, 0.2) is 4.77 Å². The van der Waals surface area contributed by atoms with Crippen LogP contribution in [-0.2, 0) is 6.54 Å². The first-order chi connectivity index (χ1) is 4.84. The van der Waals surface area contributed by atoms with Gasteiger partial charge in [-0.2, -0.15) is 11.8 Å². The molecule has 0 atom stereocenters. The average Bonchev–Trinajstić information content (AvgIpc) is 2.31. The standard InChI is InChI=1S/C6H10N2S2/c1-10-5-4-8-3-2-7-6(8)9/h2-3H,4-5H2,1H3,(H,7,9). The molecule has 0 bridgehead atoms. The molecule has 0 aliphatic carbocycles. The van der Waals surface area contributed by atoms with E-state index >= 15 is 0 Å². The highest BCUT2D eigenvalue weighted by molar-refractivity contribution is 7.98. The molecule has 10 heavy (non-hydrogen) atoms. The van der Waals surface area contributed by atoms with Gasteiger partial charge in [-0.3, -0.25) is 0 Å². The predicted octanol–water partition coefficient (Wildman–Crippen LogP) is 1.91. The van der Waals surface area contributed by atoms with Crippen LogP contribution in [0, 0.1) is 4.77 Å². The van der Waals surface area contributed by atoms with E-state index in [-0.39, 0.29) is 0 Å². The molecule has 0 radical (unpaired) electrons. The third kappa shape index (κ3) is 1.88. The van der Waals surface area contributed by atoms with Crippen LogP contribution < -0.4 is 0 Å². The van der Waals surface area contributed by atoms with Crippen molar-refractivity contribution in [1.82, 2.24) is 9.55 Å². The van der Waals surface area contributed by atoms with Crippen LogP contribution in [-0.4, -0.2) is 21.6 Å². The van der Waals surface area contributed by atoms with Crippen molar-refractivity contribution in [1.29, 1.82) is 0 Å². The van der Waals surface area contributed by atoms with Crippen LogP contribution in [0.3, 0.4) is 0 Å². The Morgan fingerprint density at radius 1 is 1.80 bits per heavy atom. The lowest BCUT2D eigenvalue weighted by molar-refractivity contribution is 0.759. The highest BCUT2D eigenvalue weighted by Gasteiger charge is 1.89. The maximum Gasteiger partial charge on any atom is 0.177 e. The van der Waals surface area contributed by atoms with Crippen LogP contribution in [0.4, 0.5) is 0 Å². The molecule has 0 aromatic carbocycles. The minimum atomic E-state index is 0.814. The first kappa shape index (κ1) is 7.88. The van der Waals surface area contributed by atoms with Crippen molar-refractivity contribution in [2.75, 3.05) is 12.0 Å². The Bertz CT molecular complexity index is 238. The van der Waals surface area contributed by atoms with E-state index in [1.807, 2.05) is 28.7 Å². The zero-order valence-electron chi connectivity index (χ0n) is 5.83. The SMILES string of the molecule is CSCCn1cc[nH]c1=S. The van der Waals surface area contributed by atoms with Gasteiger partial charge >= 0.3 is 0 Å². The number of hydrogen-bond donors (Lipinski definition) is 1. The third-order valence-corrected chi connectivity index (χ3v) is 2.20. The molecule has 0 spiro atoms. The van der Waals surface area contributed by atoms with E-state index in [4.69, 9.17) is 12.2 Å². The topological polar surface area (TPSA) is 20.7 Å². The molecular formula is C6H10N2S2. The van der Waals surface area contributed by atoms with Gasteiger partial charge in [0, 0.05) is 24.7 Å². The second-order valence-electron chi connectivity index (χ2n) is 1.95. The number of thioether (sulfide) groups is 1. The lowest BCUT2D eigenvalue weighted by atomic mass is 10.7. The summed E-state index contributed by atoms with van der Waals surface area (Å²) in [5.41, 5.74) is 0. The number of nitrogens with zero attached hydrogens (tertiary/aromatic N) is 1. The van der Waals surface area contributed by atoms with E-state index in [2.05, 4.69) is 11.2 Å². The lowest BCUT2D eigenvalue weighted by Crippen LogP contribution is -1.97. The summed E-state index contributed by atoms with van der Waals surface area (Å²) >= 11 is 6.82. The molecule has 1 rings (SSSR count). The smallest absolute Gasteiger partial charge is 0.177 e. The molecule has 0 amide bonds. The minimum Gasteiger partial charge on any atom is -0.337 e. The highest BCUT2D eigenvalue weighted by Crippen LogP contribution is 1.96. The van der Waals surface area contributed by atoms with Gasteiger partial charge in [0.1, 0.15) is 0 Å². The number of H-pyrrole nitrogens is 1. The average molecular weight is 174 g/mol. The molecule has 1 N–H and O–H groups in total. The van der Waals surface area contributed by atoms with Gasteiger partial charge in [0.05, 0.1) is 0 Å². The second kappa shape index (κ2) is 3.83. The number of aromatic nitrogens is 2. The van der Waals surface area contributed by atoms with Crippen molar-refractivity contribution < 1.29 is 0 Å². The van der Waals surface area contributed by atoms with Gasteiger partial charge in [0.2, 0.25) is 0 Å². The summed E-state index contributed by atoms with van der Waals surface area (Å²) in [6.45, 7) is 1.00. The normalized spacial score (nSPS) is 10.1. The fraction of sp³-hybridized carbons (Fsp3) is 0.500. The molecule has 0 aliphatic heterocycles. The predicted molar refractivity (Wildman–Crippen MR) is 48.0 cm³/mol. The Morgan fingerprint density at radius 3 is 3.10 bits per heavy atom. The summed E-state index contributed by atoms with van der Waals surface area (Å²) in [4.78, 5) is 2.95. The molecule has 0 saturated carbocycles. The van der Waals surface area contributed by atoms with Crippen molar-refractivity contribution in [2.24, 2.45) is 0 Å². The largest absolute Gasteiger partial charge is 0.337 e. The van der Waals surface area contributed by atoms with Gasteiger partial charge in [-0.15, -0.1) is 0 Å². The van der Waals surface area contributed by atoms with Gasteiger partial charge in [0.25, 0.3) is 0 Å². The number of aryl methyl sites for hydroxylation is 1. The molecular weight excluding hydrogens is 164 g/mol. The molecule has 2 nitrogen and oxygen atoms in total. The van der Waals surface area contributed by atoms with Crippen LogP contribution in [0.1, 0.15) is 0 Å². The summed E-state index contributed by atoms with van der Waals surface area (Å²) in [5.74, 6) is 1.12. The van der Waals surface area contributed by atoms with Crippen molar-refractivity contribution >= 4 is 24.0 Å². The summed E-state index contributed by atoms with van der Waals surface area (Å²) in [6, 6.07) is 0. The zero-order chi connectivity index (χ0) is 7.40. The van der Waals surface area contributed by atoms with Crippen LogP contribution in [0.5, 0.6) is 0 Å². The number of aromatic amines is 1. The van der Waals surface area contributed by atoms with Crippen molar-refractivity contribution in [3.8, 4) is 0 Å². The van der Waals surface area contributed by atoms with Crippen LogP contribution in [0.25, 0.3) is 0 Å². The molecule has 1 aromatic heterocycles. The molecule has 1 aromatic rings. The molecule has 0 saturated heterocycles. The Labute approximate surface area is 69.6 Å². The fourth-order valence-corrected chi connectivity index (χ4v) is 1.31. The van der Waals surface area contributed by atoms with Crippen LogP contribution in [0.2, 0.25) is 0 Å². The second-order valence-corrected chi connectivity index (χ2v) is 3.32. The molecule has 0 aliphatic rings. The Hall–Kier alpha value is -0.220. The Morgan fingerprint density at radius 2 is 2.60 bits per heavy atom. The lowest BCUT2D eigenvalue weighted by Gasteiger charge is -1.97. The van der Waals surface area contributed by atoms with E-state index in [1.54, 1.807) is 0 Å². The summed E-state index contributed by atoms with van der Waals surface area (Å²) in [7, 11) is 0. The Balaban J connectivity index is 2.57. The number of rotatable bonds is 3. The van der Waals surface area contributed by atoms with Gasteiger partial charge < -0.3 is 9.55 Å². The molecule has 1 heterocycles. The van der Waals surface area contributed by atoms with E-state index in [9.17, 15) is 0 Å². The van der Waals surface area contributed by atoms with Gasteiger partial charge in [-0.05, 0) is 18.5 Å². The molecule has 4 heteroatoms. The third-order valence-electron chi connectivity index (χ3n) is 1.26. The van der Waals surface area contributed by atoms with Gasteiger partial charge in [-0.1, -0.05) is 0 Å². The van der Waals surface area contributed by atoms with E-state index in [0.717, 1.165) is 17.1 Å². The van der Waals surface area contributed by atoms with Crippen molar-refractivity contribution in [3.05, 3.63) is 17.2 Å². The van der Waals surface area contributed by atoms with E-state index in [1.165, 1.54) is 0 Å². The summed E-state index contributed by atoms with van der Waals surface area (Å²) in [6.07, 6.45) is 5.93. The monoisotopic (exact) mass is 174 g/mol. The Kier molecular flexibility index (Phi) is 3.02. The zero-order valence-corrected chi connectivity index (χ0v) is 7.47.